The van der Waals surface area contributed by atoms with Crippen molar-refractivity contribution in [2.45, 2.75) is 44.6 Å². The van der Waals surface area contributed by atoms with Gasteiger partial charge in [-0.05, 0) is 25.7 Å². The van der Waals surface area contributed by atoms with E-state index in [4.69, 9.17) is 0 Å². The maximum Gasteiger partial charge on any atom is 0.238 e. The Morgan fingerprint density at radius 1 is 1.50 bits per heavy atom. The average Bonchev–Trinajstić information content (AvgIpc) is 2.34. The number of hydrogen-bond acceptors (Lipinski definition) is 3. The third-order valence-corrected chi connectivity index (χ3v) is 4.34. The topological polar surface area (TPSA) is 40.6 Å². The van der Waals surface area contributed by atoms with Crippen LogP contribution in [-0.4, -0.2) is 41.3 Å². The highest BCUT2D eigenvalue weighted by Crippen LogP contribution is 2.44. The second-order valence-corrected chi connectivity index (χ2v) is 5.16. The molecular weight excluding hydrogens is 204 g/mol. The van der Waals surface area contributed by atoms with Crippen LogP contribution in [0.5, 0.6) is 0 Å². The Labute approximate surface area is 96.6 Å². The molecule has 0 spiro atoms. The van der Waals surface area contributed by atoms with Gasteiger partial charge in [0.15, 0.2) is 0 Å². The van der Waals surface area contributed by atoms with Gasteiger partial charge in [0, 0.05) is 32.0 Å². The predicted octanol–water partition coefficient (Wildman–Crippen LogP) is 1.21. The van der Waals surface area contributed by atoms with E-state index in [0.717, 1.165) is 6.29 Å². The van der Waals surface area contributed by atoms with Crippen LogP contribution < -0.4 is 0 Å². The van der Waals surface area contributed by atoms with Crippen molar-refractivity contribution in [1.82, 2.24) is 10.0 Å². The molecule has 0 aromatic heterocycles. The highest BCUT2D eigenvalue weighted by Gasteiger charge is 2.50. The van der Waals surface area contributed by atoms with Crippen LogP contribution in [0.3, 0.4) is 0 Å². The Kier molecular flexibility index (Phi) is 3.02. The van der Waals surface area contributed by atoms with E-state index in [-0.39, 0.29) is 11.4 Å². The molecule has 2 aliphatic rings. The monoisotopic (exact) mass is 224 g/mol. The lowest BCUT2D eigenvalue weighted by molar-refractivity contribution is -0.140. The molecule has 4 heteroatoms. The summed E-state index contributed by atoms with van der Waals surface area (Å²) in [6.45, 7) is 2.71. The number of aldehydes is 1. The van der Waals surface area contributed by atoms with Crippen LogP contribution >= 0.6 is 0 Å². The molecule has 1 atom stereocenters. The van der Waals surface area contributed by atoms with E-state index in [1.807, 2.05) is 7.05 Å². The number of carbonyl (C=O) groups excluding carboxylic acids is 2. The zero-order valence-corrected chi connectivity index (χ0v) is 10.1. The molecule has 1 saturated heterocycles. The van der Waals surface area contributed by atoms with Crippen molar-refractivity contribution in [2.24, 2.45) is 5.92 Å². The molecule has 0 N–H and O–H groups in total. The molecule has 1 amide bonds. The van der Waals surface area contributed by atoms with Crippen LogP contribution in [0.2, 0.25) is 0 Å². The normalized spacial score (nSPS) is 31.9. The van der Waals surface area contributed by atoms with Crippen molar-refractivity contribution >= 4 is 12.2 Å². The van der Waals surface area contributed by atoms with Gasteiger partial charge in [0.1, 0.15) is 6.29 Å². The summed E-state index contributed by atoms with van der Waals surface area (Å²) in [5, 5.41) is 3.81. The van der Waals surface area contributed by atoms with E-state index in [1.165, 1.54) is 19.3 Å². The SMILES string of the molecule is CN1N(CCC=O)C(=O)CC1(C)C1CCC1. The molecule has 0 aromatic rings. The van der Waals surface area contributed by atoms with E-state index >= 15 is 0 Å². The van der Waals surface area contributed by atoms with Gasteiger partial charge in [-0.2, -0.15) is 0 Å². The maximum absolute atomic E-state index is 11.9. The average molecular weight is 224 g/mol. The van der Waals surface area contributed by atoms with Gasteiger partial charge in [-0.1, -0.05) is 6.42 Å². The van der Waals surface area contributed by atoms with E-state index < -0.39 is 0 Å². The number of amides is 1. The van der Waals surface area contributed by atoms with Gasteiger partial charge >= 0.3 is 0 Å². The molecule has 0 radical (unpaired) electrons. The minimum atomic E-state index is -0.0157. The third kappa shape index (κ3) is 1.65. The summed E-state index contributed by atoms with van der Waals surface area (Å²) in [4.78, 5) is 22.3. The fourth-order valence-corrected chi connectivity index (χ4v) is 2.84. The minimum absolute atomic E-state index is 0.0157. The predicted molar refractivity (Wildman–Crippen MR) is 60.5 cm³/mol. The fourth-order valence-electron chi connectivity index (χ4n) is 2.84. The van der Waals surface area contributed by atoms with Gasteiger partial charge in [0.25, 0.3) is 0 Å². The van der Waals surface area contributed by atoms with Crippen LogP contribution in [0.4, 0.5) is 0 Å². The van der Waals surface area contributed by atoms with Crippen LogP contribution in [0.1, 0.15) is 39.0 Å². The van der Waals surface area contributed by atoms with Gasteiger partial charge in [0.2, 0.25) is 5.91 Å². The number of nitrogens with zero attached hydrogens (tertiary/aromatic N) is 2. The maximum atomic E-state index is 11.9. The van der Waals surface area contributed by atoms with E-state index in [9.17, 15) is 9.59 Å². The van der Waals surface area contributed by atoms with Gasteiger partial charge in [-0.15, -0.1) is 0 Å². The second kappa shape index (κ2) is 4.17. The van der Waals surface area contributed by atoms with Crippen molar-refractivity contribution in [3.8, 4) is 0 Å². The number of carbonyl (C=O) groups is 2. The van der Waals surface area contributed by atoms with Crippen molar-refractivity contribution in [2.75, 3.05) is 13.6 Å². The van der Waals surface area contributed by atoms with Gasteiger partial charge in [-0.3, -0.25) is 9.80 Å². The van der Waals surface area contributed by atoms with Crippen molar-refractivity contribution in [1.29, 1.82) is 0 Å². The van der Waals surface area contributed by atoms with Crippen molar-refractivity contribution < 1.29 is 9.59 Å². The summed E-state index contributed by atoms with van der Waals surface area (Å²) in [6.07, 6.45) is 5.66. The lowest BCUT2D eigenvalue weighted by atomic mass is 9.70. The van der Waals surface area contributed by atoms with Crippen molar-refractivity contribution in [3.63, 3.8) is 0 Å². The second-order valence-electron chi connectivity index (χ2n) is 5.16. The first-order valence-corrected chi connectivity index (χ1v) is 6.07. The highest BCUT2D eigenvalue weighted by atomic mass is 16.2. The summed E-state index contributed by atoms with van der Waals surface area (Å²) in [5.74, 6) is 0.807. The molecular formula is C12H20N2O2. The number of rotatable bonds is 4. The fraction of sp³-hybridized carbons (Fsp3) is 0.833. The molecule has 1 aliphatic heterocycles. The van der Waals surface area contributed by atoms with E-state index in [1.54, 1.807) is 5.01 Å². The van der Waals surface area contributed by atoms with Gasteiger partial charge in [0.05, 0.1) is 0 Å². The molecule has 1 unspecified atom stereocenters. The molecule has 90 valence electrons. The summed E-state index contributed by atoms with van der Waals surface area (Å²) in [5.41, 5.74) is -0.0157. The minimum Gasteiger partial charge on any atom is -0.303 e. The molecule has 0 bridgehead atoms. The quantitative estimate of drug-likeness (QED) is 0.674. The summed E-state index contributed by atoms with van der Waals surface area (Å²) in [7, 11) is 1.98. The van der Waals surface area contributed by atoms with Crippen molar-refractivity contribution in [3.05, 3.63) is 0 Å². The number of hydrogen-bond donors (Lipinski definition) is 0. The Morgan fingerprint density at radius 3 is 2.69 bits per heavy atom. The summed E-state index contributed by atoms with van der Waals surface area (Å²) in [6, 6.07) is 0. The molecule has 1 heterocycles. The number of hydrazine groups is 1. The smallest absolute Gasteiger partial charge is 0.238 e. The van der Waals surface area contributed by atoms with Crippen LogP contribution in [0.25, 0.3) is 0 Å². The van der Waals surface area contributed by atoms with Crippen LogP contribution in [-0.2, 0) is 9.59 Å². The molecule has 4 nitrogen and oxygen atoms in total. The van der Waals surface area contributed by atoms with E-state index in [2.05, 4.69) is 11.9 Å². The molecule has 1 aliphatic carbocycles. The summed E-state index contributed by atoms with van der Waals surface area (Å²) < 4.78 is 0. The zero-order chi connectivity index (χ0) is 11.8. The molecule has 16 heavy (non-hydrogen) atoms. The molecule has 0 aromatic carbocycles. The lowest BCUT2D eigenvalue weighted by Gasteiger charge is -2.45. The molecule has 1 saturated carbocycles. The zero-order valence-electron chi connectivity index (χ0n) is 10.1. The Morgan fingerprint density at radius 2 is 2.19 bits per heavy atom. The first kappa shape index (κ1) is 11.6. The molecule has 2 fully saturated rings. The van der Waals surface area contributed by atoms with E-state index in [0.29, 0.717) is 25.3 Å². The Balaban J connectivity index is 2.07. The van der Waals surface area contributed by atoms with Gasteiger partial charge < -0.3 is 4.79 Å². The first-order valence-electron chi connectivity index (χ1n) is 6.07. The Bertz CT molecular complexity index is 301. The van der Waals surface area contributed by atoms with Gasteiger partial charge in [-0.25, -0.2) is 5.01 Å². The first-order chi connectivity index (χ1) is 7.59. The highest BCUT2D eigenvalue weighted by molar-refractivity contribution is 5.79. The lowest BCUT2D eigenvalue weighted by Crippen LogP contribution is -2.52. The standard InChI is InChI=1S/C12H20N2O2/c1-12(10-5-3-6-10)9-11(16)14(13(12)2)7-4-8-15/h8,10H,3-7,9H2,1-2H3. The van der Waals surface area contributed by atoms with Crippen LogP contribution in [0.15, 0.2) is 0 Å². The summed E-state index contributed by atoms with van der Waals surface area (Å²) >= 11 is 0. The largest absolute Gasteiger partial charge is 0.303 e. The molecule has 2 rings (SSSR count). The Hall–Kier alpha value is -0.900. The van der Waals surface area contributed by atoms with Crippen LogP contribution in [0, 0.1) is 5.92 Å². The third-order valence-electron chi connectivity index (χ3n) is 4.34.